The minimum Gasteiger partial charge on any atom is -0.351 e. The van der Waals surface area contributed by atoms with E-state index < -0.39 is 0 Å². The fourth-order valence-electron chi connectivity index (χ4n) is 1.26. The number of likely N-dealkylation sites (N-methyl/N-ethyl adjacent to an activating group) is 1. The summed E-state index contributed by atoms with van der Waals surface area (Å²) in [6.45, 7) is 2.02. The first kappa shape index (κ1) is 6.39. The van der Waals surface area contributed by atoms with Gasteiger partial charge in [0.1, 0.15) is 0 Å². The molecule has 0 saturated heterocycles. The van der Waals surface area contributed by atoms with Crippen LogP contribution in [0.3, 0.4) is 0 Å². The molecule has 2 aliphatic rings. The van der Waals surface area contributed by atoms with Gasteiger partial charge in [-0.3, -0.25) is 0 Å². The Labute approximate surface area is 64.8 Å². The van der Waals surface area contributed by atoms with Crippen LogP contribution in [0.1, 0.15) is 6.92 Å². The van der Waals surface area contributed by atoms with Crippen molar-refractivity contribution in [1.82, 2.24) is 4.90 Å². The van der Waals surface area contributed by atoms with Crippen LogP contribution in [0.2, 0.25) is 0 Å². The molecule has 0 amide bonds. The standard InChI is InChI=1S/C7H9N3O/c1-5-3-6-7(8-9-11-6)10(2)4-5/h3-4,7H,1-2H3. The molecule has 0 bridgehead atoms. The van der Waals surface area contributed by atoms with E-state index in [1.807, 2.05) is 31.1 Å². The molecule has 0 N–H and O–H groups in total. The summed E-state index contributed by atoms with van der Waals surface area (Å²) in [4.78, 5) is 6.91. The highest BCUT2D eigenvalue weighted by Gasteiger charge is 2.26. The van der Waals surface area contributed by atoms with E-state index in [2.05, 4.69) is 10.4 Å². The van der Waals surface area contributed by atoms with Crippen LogP contribution in [-0.2, 0) is 4.84 Å². The van der Waals surface area contributed by atoms with Gasteiger partial charge < -0.3 is 9.74 Å². The van der Waals surface area contributed by atoms with Gasteiger partial charge in [-0.1, -0.05) is 0 Å². The minimum absolute atomic E-state index is 0.0290. The highest BCUT2D eigenvalue weighted by atomic mass is 16.7. The Balaban J connectivity index is 2.34. The highest BCUT2D eigenvalue weighted by molar-refractivity contribution is 5.26. The van der Waals surface area contributed by atoms with Gasteiger partial charge in [0.15, 0.2) is 5.76 Å². The summed E-state index contributed by atoms with van der Waals surface area (Å²) in [7, 11) is 1.95. The fourth-order valence-corrected chi connectivity index (χ4v) is 1.26. The Kier molecular flexibility index (Phi) is 1.21. The predicted molar refractivity (Wildman–Crippen MR) is 39.3 cm³/mol. The molecule has 0 fully saturated rings. The second-order valence-electron chi connectivity index (χ2n) is 2.75. The lowest BCUT2D eigenvalue weighted by atomic mass is 10.2. The first-order valence-electron chi connectivity index (χ1n) is 3.46. The largest absolute Gasteiger partial charge is 0.351 e. The van der Waals surface area contributed by atoms with Gasteiger partial charge in [0.25, 0.3) is 0 Å². The molecule has 0 aromatic heterocycles. The molecule has 0 aliphatic carbocycles. The zero-order chi connectivity index (χ0) is 7.84. The number of hydrogen-bond donors (Lipinski definition) is 0. The van der Waals surface area contributed by atoms with Crippen LogP contribution in [0, 0.1) is 0 Å². The van der Waals surface area contributed by atoms with E-state index in [0.717, 1.165) is 11.3 Å². The number of rotatable bonds is 0. The van der Waals surface area contributed by atoms with Crippen LogP contribution in [0.5, 0.6) is 0 Å². The minimum atomic E-state index is -0.0290. The number of fused-ring (bicyclic) bond motifs is 1. The van der Waals surface area contributed by atoms with Crippen molar-refractivity contribution in [2.45, 2.75) is 13.1 Å². The van der Waals surface area contributed by atoms with Crippen molar-refractivity contribution >= 4 is 0 Å². The van der Waals surface area contributed by atoms with Crippen LogP contribution < -0.4 is 0 Å². The second-order valence-corrected chi connectivity index (χ2v) is 2.75. The van der Waals surface area contributed by atoms with Gasteiger partial charge in [0.05, 0.1) is 0 Å². The van der Waals surface area contributed by atoms with Crippen molar-refractivity contribution in [1.29, 1.82) is 0 Å². The van der Waals surface area contributed by atoms with Gasteiger partial charge in [0, 0.05) is 18.5 Å². The van der Waals surface area contributed by atoms with E-state index in [-0.39, 0.29) is 6.17 Å². The first-order chi connectivity index (χ1) is 5.27. The monoisotopic (exact) mass is 151 g/mol. The fraction of sp³-hybridized carbons (Fsp3) is 0.429. The summed E-state index contributed by atoms with van der Waals surface area (Å²) in [6, 6.07) is 0. The third-order valence-corrected chi connectivity index (χ3v) is 1.72. The molecule has 2 heterocycles. The molecule has 2 aliphatic heterocycles. The molecule has 0 aromatic rings. The van der Waals surface area contributed by atoms with E-state index in [0.29, 0.717) is 0 Å². The number of nitrogens with zero attached hydrogens (tertiary/aromatic N) is 3. The molecule has 1 atom stereocenters. The van der Waals surface area contributed by atoms with Gasteiger partial charge in [0.2, 0.25) is 6.17 Å². The average molecular weight is 151 g/mol. The van der Waals surface area contributed by atoms with E-state index in [9.17, 15) is 0 Å². The Morgan fingerprint density at radius 1 is 1.64 bits per heavy atom. The predicted octanol–water partition coefficient (Wildman–Crippen LogP) is 1.44. The van der Waals surface area contributed by atoms with Crippen LogP contribution in [0.25, 0.3) is 0 Å². The topological polar surface area (TPSA) is 37.2 Å². The van der Waals surface area contributed by atoms with Gasteiger partial charge in [-0.05, 0) is 18.6 Å². The van der Waals surface area contributed by atoms with Crippen LogP contribution >= 0.6 is 0 Å². The van der Waals surface area contributed by atoms with E-state index in [1.165, 1.54) is 0 Å². The molecular formula is C7H9N3O. The van der Waals surface area contributed by atoms with Crippen molar-refractivity contribution in [2.75, 3.05) is 7.05 Å². The number of allylic oxidation sites excluding steroid dienone is 2. The lowest BCUT2D eigenvalue weighted by Gasteiger charge is -2.22. The average Bonchev–Trinajstić information content (AvgIpc) is 2.34. The van der Waals surface area contributed by atoms with Crippen molar-refractivity contribution in [3.05, 3.63) is 23.6 Å². The summed E-state index contributed by atoms with van der Waals surface area (Å²) in [5.74, 6) is 0.813. The molecule has 1 unspecified atom stereocenters. The Hall–Kier alpha value is -1.32. The number of hydrogen-bond acceptors (Lipinski definition) is 4. The zero-order valence-electron chi connectivity index (χ0n) is 6.48. The third kappa shape index (κ3) is 0.906. The maximum Gasteiger partial charge on any atom is 0.206 e. The summed E-state index contributed by atoms with van der Waals surface area (Å²) in [5, 5.41) is 7.38. The highest BCUT2D eigenvalue weighted by Crippen LogP contribution is 2.25. The van der Waals surface area contributed by atoms with E-state index in [4.69, 9.17) is 4.84 Å². The Morgan fingerprint density at radius 3 is 3.27 bits per heavy atom. The molecule has 0 radical (unpaired) electrons. The first-order valence-corrected chi connectivity index (χ1v) is 3.46. The van der Waals surface area contributed by atoms with Crippen LogP contribution in [0.15, 0.2) is 34.0 Å². The smallest absolute Gasteiger partial charge is 0.206 e. The maximum absolute atomic E-state index is 4.93. The second kappa shape index (κ2) is 2.08. The van der Waals surface area contributed by atoms with E-state index in [1.54, 1.807) is 0 Å². The molecular weight excluding hydrogens is 142 g/mol. The molecule has 0 saturated carbocycles. The molecule has 0 spiro atoms. The molecule has 2 rings (SSSR count). The van der Waals surface area contributed by atoms with Crippen molar-refractivity contribution < 1.29 is 4.84 Å². The van der Waals surface area contributed by atoms with Crippen LogP contribution in [-0.4, -0.2) is 18.1 Å². The maximum atomic E-state index is 4.93. The Morgan fingerprint density at radius 2 is 2.45 bits per heavy atom. The van der Waals surface area contributed by atoms with Gasteiger partial charge in [-0.25, -0.2) is 0 Å². The Bertz CT molecular complexity index is 267. The van der Waals surface area contributed by atoms with Gasteiger partial charge in [-0.15, -0.1) is 5.11 Å². The zero-order valence-corrected chi connectivity index (χ0v) is 6.48. The summed E-state index contributed by atoms with van der Waals surface area (Å²) in [6.07, 6.45) is 3.94. The van der Waals surface area contributed by atoms with Crippen molar-refractivity contribution in [3.63, 3.8) is 0 Å². The molecule has 0 aromatic carbocycles. The molecule has 11 heavy (non-hydrogen) atoms. The normalized spacial score (nSPS) is 27.5. The summed E-state index contributed by atoms with van der Waals surface area (Å²) >= 11 is 0. The molecule has 58 valence electrons. The molecule has 4 nitrogen and oxygen atoms in total. The quantitative estimate of drug-likeness (QED) is 0.525. The lowest BCUT2D eigenvalue weighted by Crippen LogP contribution is -2.27. The van der Waals surface area contributed by atoms with Gasteiger partial charge in [-0.2, -0.15) is 0 Å². The lowest BCUT2D eigenvalue weighted by molar-refractivity contribution is 0.215. The van der Waals surface area contributed by atoms with E-state index >= 15 is 0 Å². The SMILES string of the molecule is CC1=CN(C)C2N=NOC2=C1. The summed E-state index contributed by atoms with van der Waals surface area (Å²) < 4.78 is 0. The summed E-state index contributed by atoms with van der Waals surface area (Å²) in [5.41, 5.74) is 1.16. The van der Waals surface area contributed by atoms with Crippen molar-refractivity contribution in [3.8, 4) is 0 Å². The van der Waals surface area contributed by atoms with Crippen molar-refractivity contribution in [2.24, 2.45) is 10.4 Å². The molecule has 4 heteroatoms. The third-order valence-electron chi connectivity index (χ3n) is 1.72. The van der Waals surface area contributed by atoms with Crippen LogP contribution in [0.4, 0.5) is 0 Å². The van der Waals surface area contributed by atoms with Gasteiger partial charge >= 0.3 is 0 Å².